The Balaban J connectivity index is 2.46. The van der Waals surface area contributed by atoms with E-state index in [0.29, 0.717) is 17.6 Å². The van der Waals surface area contributed by atoms with Crippen LogP contribution in [0.5, 0.6) is 0 Å². The topological polar surface area (TPSA) is 17.1 Å². The van der Waals surface area contributed by atoms with Crippen LogP contribution in [0.15, 0.2) is 12.7 Å². The van der Waals surface area contributed by atoms with E-state index in [1.54, 1.807) is 6.92 Å². The maximum absolute atomic E-state index is 11.3. The Bertz CT molecular complexity index is 184. The molecule has 0 saturated heterocycles. The zero-order valence-electron chi connectivity index (χ0n) is 8.59. The summed E-state index contributed by atoms with van der Waals surface area (Å²) < 4.78 is 0. The van der Waals surface area contributed by atoms with Gasteiger partial charge < -0.3 is 0 Å². The lowest BCUT2D eigenvalue weighted by Crippen LogP contribution is -2.25. The molecule has 0 aromatic heterocycles. The van der Waals surface area contributed by atoms with Crippen molar-refractivity contribution in [3.05, 3.63) is 12.7 Å². The van der Waals surface area contributed by atoms with Gasteiger partial charge in [0.25, 0.3) is 0 Å². The molecule has 1 heteroatoms. The SMILES string of the molecule is C=CCC[C@@H]1CCCC[C@H]1C(C)=O. The molecule has 0 N–H and O–H groups in total. The molecule has 2 atom stereocenters. The van der Waals surface area contributed by atoms with E-state index >= 15 is 0 Å². The summed E-state index contributed by atoms with van der Waals surface area (Å²) in [6.07, 6.45) is 9.11. The fourth-order valence-corrected chi connectivity index (χ4v) is 2.42. The number of hydrogen-bond acceptors (Lipinski definition) is 1. The zero-order chi connectivity index (χ0) is 9.68. The molecule has 1 saturated carbocycles. The van der Waals surface area contributed by atoms with Gasteiger partial charge in [-0.25, -0.2) is 0 Å². The van der Waals surface area contributed by atoms with Gasteiger partial charge in [-0.3, -0.25) is 4.79 Å². The van der Waals surface area contributed by atoms with Crippen LogP contribution in [-0.4, -0.2) is 5.78 Å². The minimum absolute atomic E-state index is 0.355. The van der Waals surface area contributed by atoms with Crippen LogP contribution in [-0.2, 0) is 4.79 Å². The molecule has 0 amide bonds. The summed E-state index contributed by atoms with van der Waals surface area (Å²) in [5, 5.41) is 0. The third kappa shape index (κ3) is 2.98. The normalized spacial score (nSPS) is 28.4. The fraction of sp³-hybridized carbons (Fsp3) is 0.750. The van der Waals surface area contributed by atoms with E-state index in [0.717, 1.165) is 19.3 Å². The van der Waals surface area contributed by atoms with Crippen LogP contribution in [0.3, 0.4) is 0 Å². The maximum atomic E-state index is 11.3. The molecule has 0 aromatic rings. The van der Waals surface area contributed by atoms with Gasteiger partial charge in [-0.05, 0) is 38.5 Å². The predicted octanol–water partition coefficient (Wildman–Crippen LogP) is 3.35. The van der Waals surface area contributed by atoms with Crippen LogP contribution >= 0.6 is 0 Å². The molecule has 13 heavy (non-hydrogen) atoms. The highest BCUT2D eigenvalue weighted by atomic mass is 16.1. The van der Waals surface area contributed by atoms with Crippen molar-refractivity contribution in [3.8, 4) is 0 Å². The van der Waals surface area contributed by atoms with Gasteiger partial charge in [-0.15, -0.1) is 6.58 Å². The summed E-state index contributed by atoms with van der Waals surface area (Å²) in [6.45, 7) is 5.48. The van der Waals surface area contributed by atoms with E-state index in [1.165, 1.54) is 19.3 Å². The lowest BCUT2D eigenvalue weighted by molar-refractivity contribution is -0.123. The van der Waals surface area contributed by atoms with Crippen molar-refractivity contribution in [2.45, 2.75) is 45.4 Å². The maximum Gasteiger partial charge on any atom is 0.133 e. The molecular formula is C12H20O. The van der Waals surface area contributed by atoms with E-state index in [4.69, 9.17) is 0 Å². The van der Waals surface area contributed by atoms with Crippen molar-refractivity contribution in [2.75, 3.05) is 0 Å². The van der Waals surface area contributed by atoms with Crippen LogP contribution in [0.25, 0.3) is 0 Å². The average molecular weight is 180 g/mol. The predicted molar refractivity (Wildman–Crippen MR) is 55.6 cm³/mol. The molecular weight excluding hydrogens is 160 g/mol. The first-order chi connectivity index (χ1) is 6.25. The minimum Gasteiger partial charge on any atom is -0.300 e. The van der Waals surface area contributed by atoms with Crippen LogP contribution < -0.4 is 0 Å². The molecule has 1 aliphatic carbocycles. The minimum atomic E-state index is 0.355. The summed E-state index contributed by atoms with van der Waals surface area (Å²) >= 11 is 0. The van der Waals surface area contributed by atoms with Crippen molar-refractivity contribution in [2.24, 2.45) is 11.8 Å². The largest absolute Gasteiger partial charge is 0.300 e. The second kappa shape index (κ2) is 5.21. The van der Waals surface area contributed by atoms with E-state index in [1.807, 2.05) is 6.08 Å². The number of Topliss-reactive ketones (excluding diaryl/α,β-unsaturated/α-hetero) is 1. The van der Waals surface area contributed by atoms with Gasteiger partial charge in [0.2, 0.25) is 0 Å². The van der Waals surface area contributed by atoms with Crippen molar-refractivity contribution in [3.63, 3.8) is 0 Å². The lowest BCUT2D eigenvalue weighted by atomic mass is 9.75. The summed E-state index contributed by atoms with van der Waals surface area (Å²) in [5.74, 6) is 1.40. The van der Waals surface area contributed by atoms with Gasteiger partial charge in [0.05, 0.1) is 0 Å². The van der Waals surface area contributed by atoms with Crippen LogP contribution in [0.4, 0.5) is 0 Å². The number of hydrogen-bond donors (Lipinski definition) is 0. The second-order valence-electron chi connectivity index (χ2n) is 4.13. The van der Waals surface area contributed by atoms with Gasteiger partial charge >= 0.3 is 0 Å². The molecule has 0 aromatic carbocycles. The molecule has 0 aliphatic heterocycles. The highest BCUT2D eigenvalue weighted by Crippen LogP contribution is 2.33. The Kier molecular flexibility index (Phi) is 4.20. The van der Waals surface area contributed by atoms with Crippen LogP contribution in [0.1, 0.15) is 45.4 Å². The Hall–Kier alpha value is -0.590. The number of ketones is 1. The second-order valence-corrected chi connectivity index (χ2v) is 4.13. The van der Waals surface area contributed by atoms with Gasteiger partial charge in [-0.1, -0.05) is 18.9 Å². The quantitative estimate of drug-likeness (QED) is 0.606. The molecule has 0 spiro atoms. The van der Waals surface area contributed by atoms with Gasteiger partial charge in [0.15, 0.2) is 0 Å². The van der Waals surface area contributed by atoms with E-state index in [2.05, 4.69) is 6.58 Å². The Morgan fingerprint density at radius 2 is 2.15 bits per heavy atom. The van der Waals surface area contributed by atoms with E-state index in [-0.39, 0.29) is 0 Å². The molecule has 1 aliphatic rings. The van der Waals surface area contributed by atoms with Gasteiger partial charge in [0.1, 0.15) is 5.78 Å². The summed E-state index contributed by atoms with van der Waals surface area (Å²) in [6, 6.07) is 0. The summed E-state index contributed by atoms with van der Waals surface area (Å²) in [4.78, 5) is 11.3. The molecule has 0 radical (unpaired) electrons. The molecule has 74 valence electrons. The van der Waals surface area contributed by atoms with Gasteiger partial charge in [-0.2, -0.15) is 0 Å². The standard InChI is InChI=1S/C12H20O/c1-3-4-7-11-8-5-6-9-12(11)10(2)13/h3,11-12H,1,4-9H2,2H3/t11-,12+/m1/s1. The van der Waals surface area contributed by atoms with Crippen LogP contribution in [0, 0.1) is 11.8 Å². The first-order valence-corrected chi connectivity index (χ1v) is 5.37. The lowest BCUT2D eigenvalue weighted by Gasteiger charge is -2.29. The number of allylic oxidation sites excluding steroid dienone is 1. The van der Waals surface area contributed by atoms with Gasteiger partial charge in [0, 0.05) is 5.92 Å². The smallest absolute Gasteiger partial charge is 0.133 e. The third-order valence-corrected chi connectivity index (χ3v) is 3.17. The third-order valence-electron chi connectivity index (χ3n) is 3.17. The molecule has 1 nitrogen and oxygen atoms in total. The summed E-state index contributed by atoms with van der Waals surface area (Å²) in [7, 11) is 0. The van der Waals surface area contributed by atoms with Crippen LogP contribution in [0.2, 0.25) is 0 Å². The van der Waals surface area contributed by atoms with Crippen molar-refractivity contribution in [1.82, 2.24) is 0 Å². The number of carbonyl (C=O) groups is 1. The first kappa shape index (κ1) is 10.5. The molecule has 0 unspecified atom stereocenters. The van der Waals surface area contributed by atoms with Crippen molar-refractivity contribution < 1.29 is 4.79 Å². The van der Waals surface area contributed by atoms with Crippen molar-refractivity contribution >= 4 is 5.78 Å². The van der Waals surface area contributed by atoms with E-state index in [9.17, 15) is 4.79 Å². The fourth-order valence-electron chi connectivity index (χ4n) is 2.42. The molecule has 1 fully saturated rings. The zero-order valence-corrected chi connectivity index (χ0v) is 8.59. The Morgan fingerprint density at radius 1 is 1.46 bits per heavy atom. The number of carbonyl (C=O) groups excluding carboxylic acids is 1. The first-order valence-electron chi connectivity index (χ1n) is 5.37. The summed E-state index contributed by atoms with van der Waals surface area (Å²) in [5.41, 5.74) is 0. The highest BCUT2D eigenvalue weighted by molar-refractivity contribution is 5.78. The molecule has 1 rings (SSSR count). The molecule has 0 heterocycles. The molecule has 0 bridgehead atoms. The average Bonchev–Trinajstić information content (AvgIpc) is 2.15. The Morgan fingerprint density at radius 3 is 2.77 bits per heavy atom. The highest BCUT2D eigenvalue weighted by Gasteiger charge is 2.27. The Labute approximate surface area is 81.2 Å². The number of rotatable bonds is 4. The monoisotopic (exact) mass is 180 g/mol. The van der Waals surface area contributed by atoms with E-state index < -0.39 is 0 Å². The van der Waals surface area contributed by atoms with Crippen molar-refractivity contribution in [1.29, 1.82) is 0 Å².